The van der Waals surface area contributed by atoms with Gasteiger partial charge in [0.25, 0.3) is 0 Å². The zero-order valence-corrected chi connectivity index (χ0v) is 10.6. The van der Waals surface area contributed by atoms with Crippen LogP contribution in [0.4, 0.5) is 5.69 Å². The highest BCUT2D eigenvalue weighted by Gasteiger charge is 2.14. The summed E-state index contributed by atoms with van der Waals surface area (Å²) in [5, 5.41) is 6.05. The number of hydrogen-bond acceptors (Lipinski definition) is 4. The minimum Gasteiger partial charge on any atom is -0.370 e. The number of thioether (sulfide) groups is 1. The predicted octanol–water partition coefficient (Wildman–Crippen LogP) is 1.47. The van der Waals surface area contributed by atoms with Gasteiger partial charge in [0, 0.05) is 18.6 Å². The van der Waals surface area contributed by atoms with E-state index >= 15 is 0 Å². The second-order valence-electron chi connectivity index (χ2n) is 3.85. The van der Waals surface area contributed by atoms with E-state index in [1.807, 2.05) is 6.07 Å². The van der Waals surface area contributed by atoms with E-state index < -0.39 is 0 Å². The van der Waals surface area contributed by atoms with Crippen LogP contribution >= 0.6 is 11.8 Å². The highest BCUT2D eigenvalue weighted by molar-refractivity contribution is 8.00. The van der Waals surface area contributed by atoms with E-state index in [0.717, 1.165) is 23.5 Å². The molecule has 0 saturated carbocycles. The molecule has 1 heterocycles. The summed E-state index contributed by atoms with van der Waals surface area (Å²) in [6.45, 7) is 1.44. The average molecular weight is 252 g/mol. The highest BCUT2D eigenvalue weighted by Crippen LogP contribution is 2.31. The fraction of sp³-hybridized carbons (Fsp3) is 0.417. The van der Waals surface area contributed by atoms with E-state index in [1.165, 1.54) is 5.56 Å². The van der Waals surface area contributed by atoms with Crippen LogP contribution in [0.2, 0.25) is 0 Å². The molecule has 2 rings (SSSR count). The fourth-order valence-electron chi connectivity index (χ4n) is 1.69. The molecule has 17 heavy (non-hydrogen) atoms. The summed E-state index contributed by atoms with van der Waals surface area (Å²) >= 11 is 1.59. The first-order chi connectivity index (χ1) is 8.29. The maximum absolute atomic E-state index is 11.3. The molecular weight excluding hydrogens is 236 g/mol. The van der Waals surface area contributed by atoms with Crippen LogP contribution in [0.1, 0.15) is 5.56 Å². The normalized spacial score (nSPS) is 14.3. The Bertz CT molecular complexity index is 409. The molecule has 0 spiro atoms. The third-order valence-electron chi connectivity index (χ3n) is 2.51. The standard InChI is InChI=1S/C12H16N2O2S/c1-16-8-13-5-4-9-2-3-11-10(6-9)14-12(15)7-17-11/h2-3,6,13H,4-5,7-8H2,1H3,(H,14,15). The first-order valence-electron chi connectivity index (χ1n) is 5.55. The van der Waals surface area contributed by atoms with Crippen LogP contribution in [0.5, 0.6) is 0 Å². The second-order valence-corrected chi connectivity index (χ2v) is 4.87. The molecule has 4 nitrogen and oxygen atoms in total. The third kappa shape index (κ3) is 3.46. The zero-order valence-electron chi connectivity index (χ0n) is 9.79. The molecule has 5 heteroatoms. The summed E-state index contributed by atoms with van der Waals surface area (Å²) in [5.41, 5.74) is 2.16. The van der Waals surface area contributed by atoms with Gasteiger partial charge in [-0.1, -0.05) is 6.07 Å². The molecule has 0 atom stereocenters. The number of ether oxygens (including phenoxy) is 1. The summed E-state index contributed by atoms with van der Waals surface area (Å²) in [4.78, 5) is 12.4. The van der Waals surface area contributed by atoms with Crippen molar-refractivity contribution in [1.29, 1.82) is 0 Å². The number of nitrogens with one attached hydrogen (secondary N) is 2. The van der Waals surface area contributed by atoms with E-state index in [4.69, 9.17) is 4.74 Å². The summed E-state index contributed by atoms with van der Waals surface area (Å²) in [7, 11) is 1.67. The Hall–Kier alpha value is -1.04. The summed E-state index contributed by atoms with van der Waals surface area (Å²) in [6.07, 6.45) is 0.928. The molecular formula is C12H16N2O2S. The summed E-state index contributed by atoms with van der Waals surface area (Å²) in [6, 6.07) is 6.23. The molecule has 0 fully saturated rings. The van der Waals surface area contributed by atoms with Gasteiger partial charge in [-0.25, -0.2) is 0 Å². The smallest absolute Gasteiger partial charge is 0.234 e. The van der Waals surface area contributed by atoms with Crippen LogP contribution in [0.25, 0.3) is 0 Å². The number of fused-ring (bicyclic) bond motifs is 1. The SMILES string of the molecule is COCNCCc1ccc2c(c1)NC(=O)CS2. The topological polar surface area (TPSA) is 50.4 Å². The van der Waals surface area contributed by atoms with E-state index in [-0.39, 0.29) is 5.91 Å². The lowest BCUT2D eigenvalue weighted by atomic mass is 10.1. The fourth-order valence-corrected chi connectivity index (χ4v) is 2.48. The lowest BCUT2D eigenvalue weighted by Gasteiger charge is -2.17. The van der Waals surface area contributed by atoms with Crippen molar-refractivity contribution in [3.8, 4) is 0 Å². The van der Waals surface area contributed by atoms with Gasteiger partial charge >= 0.3 is 0 Å². The zero-order chi connectivity index (χ0) is 12.1. The van der Waals surface area contributed by atoms with Gasteiger partial charge in [0.05, 0.1) is 18.2 Å². The Labute approximate surface area is 105 Å². The van der Waals surface area contributed by atoms with Gasteiger partial charge in [0.1, 0.15) is 0 Å². The van der Waals surface area contributed by atoms with Crippen molar-refractivity contribution in [2.75, 3.05) is 31.5 Å². The molecule has 0 aromatic heterocycles. The van der Waals surface area contributed by atoms with Gasteiger partial charge in [-0.05, 0) is 24.1 Å². The van der Waals surface area contributed by atoms with E-state index in [1.54, 1.807) is 18.9 Å². The minimum atomic E-state index is 0.0807. The maximum atomic E-state index is 11.3. The van der Waals surface area contributed by atoms with Gasteiger partial charge in [0.2, 0.25) is 5.91 Å². The number of rotatable bonds is 5. The molecule has 1 aromatic rings. The van der Waals surface area contributed by atoms with Gasteiger partial charge in [-0.2, -0.15) is 0 Å². The molecule has 1 aliphatic heterocycles. The Morgan fingerprint density at radius 2 is 2.41 bits per heavy atom. The Balaban J connectivity index is 1.95. The first kappa shape index (κ1) is 12.4. The summed E-state index contributed by atoms with van der Waals surface area (Å²) in [5.74, 6) is 0.596. The molecule has 0 radical (unpaired) electrons. The van der Waals surface area contributed by atoms with Gasteiger partial charge in [-0.3, -0.25) is 10.1 Å². The molecule has 1 aromatic carbocycles. The van der Waals surface area contributed by atoms with Crippen molar-refractivity contribution < 1.29 is 9.53 Å². The van der Waals surface area contributed by atoms with Gasteiger partial charge in [0.15, 0.2) is 0 Å². The number of methoxy groups -OCH3 is 1. The van der Waals surface area contributed by atoms with Gasteiger partial charge < -0.3 is 10.1 Å². The third-order valence-corrected chi connectivity index (χ3v) is 3.59. The number of amides is 1. The highest BCUT2D eigenvalue weighted by atomic mass is 32.2. The second kappa shape index (κ2) is 6.05. The van der Waals surface area contributed by atoms with Crippen molar-refractivity contribution in [3.63, 3.8) is 0 Å². The van der Waals surface area contributed by atoms with Crippen LogP contribution in [-0.4, -0.2) is 32.0 Å². The number of carbonyl (C=O) groups excluding carboxylic acids is 1. The van der Waals surface area contributed by atoms with E-state index in [9.17, 15) is 4.79 Å². The van der Waals surface area contributed by atoms with Crippen molar-refractivity contribution in [3.05, 3.63) is 23.8 Å². The number of carbonyl (C=O) groups is 1. The van der Waals surface area contributed by atoms with Crippen molar-refractivity contribution in [1.82, 2.24) is 5.32 Å². The molecule has 0 aliphatic carbocycles. The lowest BCUT2D eigenvalue weighted by Crippen LogP contribution is -2.20. The molecule has 1 aliphatic rings. The maximum Gasteiger partial charge on any atom is 0.234 e. The molecule has 0 saturated heterocycles. The lowest BCUT2D eigenvalue weighted by molar-refractivity contribution is -0.113. The molecule has 1 amide bonds. The number of benzene rings is 1. The summed E-state index contributed by atoms with van der Waals surface area (Å²) < 4.78 is 4.91. The monoisotopic (exact) mass is 252 g/mol. The minimum absolute atomic E-state index is 0.0807. The Morgan fingerprint density at radius 1 is 1.53 bits per heavy atom. The molecule has 92 valence electrons. The van der Waals surface area contributed by atoms with Crippen LogP contribution in [0.15, 0.2) is 23.1 Å². The predicted molar refractivity (Wildman–Crippen MR) is 69.4 cm³/mol. The number of anilines is 1. The quantitative estimate of drug-likeness (QED) is 0.615. The van der Waals surface area contributed by atoms with E-state index in [2.05, 4.69) is 22.8 Å². The number of hydrogen-bond donors (Lipinski definition) is 2. The van der Waals surface area contributed by atoms with Crippen molar-refractivity contribution in [2.24, 2.45) is 0 Å². The Kier molecular flexibility index (Phi) is 4.42. The molecule has 0 unspecified atom stereocenters. The Morgan fingerprint density at radius 3 is 3.24 bits per heavy atom. The average Bonchev–Trinajstić information content (AvgIpc) is 2.34. The van der Waals surface area contributed by atoms with Crippen molar-refractivity contribution >= 4 is 23.4 Å². The molecule has 2 N–H and O–H groups in total. The van der Waals surface area contributed by atoms with Crippen LogP contribution in [0, 0.1) is 0 Å². The van der Waals surface area contributed by atoms with Crippen molar-refractivity contribution in [2.45, 2.75) is 11.3 Å². The first-order valence-corrected chi connectivity index (χ1v) is 6.53. The molecule has 0 bridgehead atoms. The van der Waals surface area contributed by atoms with Crippen LogP contribution in [-0.2, 0) is 16.0 Å². The van der Waals surface area contributed by atoms with Crippen LogP contribution < -0.4 is 10.6 Å². The van der Waals surface area contributed by atoms with E-state index in [0.29, 0.717) is 12.5 Å². The van der Waals surface area contributed by atoms with Gasteiger partial charge in [-0.15, -0.1) is 11.8 Å². The largest absolute Gasteiger partial charge is 0.370 e. The van der Waals surface area contributed by atoms with Crippen LogP contribution in [0.3, 0.4) is 0 Å².